The van der Waals surface area contributed by atoms with Crippen LogP contribution in [0.2, 0.25) is 0 Å². The number of likely N-dealkylation sites (tertiary alicyclic amines) is 1. The maximum absolute atomic E-state index is 12.3. The molecule has 140 valence electrons. The van der Waals surface area contributed by atoms with E-state index < -0.39 is 10.5 Å². The van der Waals surface area contributed by atoms with Gasteiger partial charge < -0.3 is 9.64 Å². The molecular weight excluding hydrogens is 374 g/mol. The predicted molar refractivity (Wildman–Crippen MR) is 103 cm³/mol. The summed E-state index contributed by atoms with van der Waals surface area (Å²) in [6.07, 6.45) is 1.65. The molecule has 26 heavy (non-hydrogen) atoms. The number of benzene rings is 1. The fraction of sp³-hybridized carbons (Fsp3) is 0.529. The number of amides is 1. The van der Waals surface area contributed by atoms with Crippen molar-refractivity contribution in [3.63, 3.8) is 0 Å². The number of ether oxygens (including phenoxy) is 1. The molecule has 7 nitrogen and oxygen atoms in total. The SMILES string of the molecule is CC(C)(C)OC(=O)N1CCC[C@H]1CSc1nc2cc([N+](=O)[O-])ccc2s1. The van der Waals surface area contributed by atoms with Gasteiger partial charge in [0.05, 0.1) is 15.1 Å². The van der Waals surface area contributed by atoms with Crippen LogP contribution in [0.3, 0.4) is 0 Å². The Kier molecular flexibility index (Phi) is 5.38. The van der Waals surface area contributed by atoms with E-state index in [9.17, 15) is 14.9 Å². The van der Waals surface area contributed by atoms with Gasteiger partial charge in [0.15, 0.2) is 4.34 Å². The van der Waals surface area contributed by atoms with E-state index in [1.165, 1.54) is 23.5 Å². The average molecular weight is 396 g/mol. The highest BCUT2D eigenvalue weighted by Crippen LogP contribution is 2.33. The lowest BCUT2D eigenvalue weighted by atomic mass is 10.2. The Morgan fingerprint density at radius 3 is 2.96 bits per heavy atom. The van der Waals surface area contributed by atoms with Crippen molar-refractivity contribution in [2.24, 2.45) is 0 Å². The Hall–Kier alpha value is -1.87. The van der Waals surface area contributed by atoms with Crippen LogP contribution in [0.4, 0.5) is 10.5 Å². The van der Waals surface area contributed by atoms with Gasteiger partial charge in [-0.15, -0.1) is 11.3 Å². The highest BCUT2D eigenvalue weighted by molar-refractivity contribution is 8.01. The number of nitro groups is 1. The molecule has 3 rings (SSSR count). The second-order valence-corrected chi connectivity index (χ2v) is 9.47. The minimum absolute atomic E-state index is 0.0474. The molecule has 1 aromatic carbocycles. The molecule has 0 N–H and O–H groups in total. The van der Waals surface area contributed by atoms with E-state index in [1.807, 2.05) is 20.8 Å². The van der Waals surface area contributed by atoms with Gasteiger partial charge in [-0.1, -0.05) is 11.8 Å². The molecular formula is C17H21N3O4S2. The van der Waals surface area contributed by atoms with E-state index in [4.69, 9.17) is 4.74 Å². The topological polar surface area (TPSA) is 85.6 Å². The zero-order valence-electron chi connectivity index (χ0n) is 14.9. The first kappa shape index (κ1) is 18.9. The van der Waals surface area contributed by atoms with Crippen molar-refractivity contribution < 1.29 is 14.5 Å². The Balaban J connectivity index is 1.65. The number of nitro benzene ring substituents is 1. The van der Waals surface area contributed by atoms with Crippen molar-refractivity contribution >= 4 is 45.1 Å². The molecule has 0 aliphatic carbocycles. The van der Waals surface area contributed by atoms with E-state index in [2.05, 4.69) is 4.98 Å². The van der Waals surface area contributed by atoms with Gasteiger partial charge in [-0.05, 0) is 39.7 Å². The number of thiazole rings is 1. The molecule has 1 amide bonds. The van der Waals surface area contributed by atoms with Gasteiger partial charge in [0.2, 0.25) is 0 Å². The van der Waals surface area contributed by atoms with Gasteiger partial charge in [0, 0.05) is 30.5 Å². The first-order valence-electron chi connectivity index (χ1n) is 8.40. The zero-order chi connectivity index (χ0) is 18.9. The van der Waals surface area contributed by atoms with E-state index in [-0.39, 0.29) is 17.8 Å². The molecule has 1 fully saturated rings. The van der Waals surface area contributed by atoms with Crippen LogP contribution in [0.5, 0.6) is 0 Å². The number of hydrogen-bond donors (Lipinski definition) is 0. The van der Waals surface area contributed by atoms with Gasteiger partial charge in [0.25, 0.3) is 5.69 Å². The summed E-state index contributed by atoms with van der Waals surface area (Å²) < 4.78 is 7.27. The fourth-order valence-corrected chi connectivity index (χ4v) is 5.04. The molecule has 1 saturated heterocycles. The standard InChI is InChI=1S/C17H21N3O4S2/c1-17(2,3)24-16(21)19-8-4-5-12(19)10-25-15-18-13-9-11(20(22)23)6-7-14(13)26-15/h6-7,9,12H,4-5,8,10H2,1-3H3/t12-/m0/s1. The Labute approximate surface area is 159 Å². The molecule has 1 aromatic heterocycles. The summed E-state index contributed by atoms with van der Waals surface area (Å²) in [5, 5.41) is 10.9. The van der Waals surface area contributed by atoms with Crippen LogP contribution >= 0.6 is 23.1 Å². The van der Waals surface area contributed by atoms with E-state index in [0.29, 0.717) is 12.1 Å². The molecule has 2 aromatic rings. The molecule has 2 heterocycles. The lowest BCUT2D eigenvalue weighted by molar-refractivity contribution is -0.384. The van der Waals surface area contributed by atoms with Crippen molar-refractivity contribution in [1.82, 2.24) is 9.88 Å². The summed E-state index contributed by atoms with van der Waals surface area (Å²) in [5.74, 6) is 0.737. The fourth-order valence-electron chi connectivity index (χ4n) is 2.81. The van der Waals surface area contributed by atoms with Gasteiger partial charge in [-0.2, -0.15) is 0 Å². The van der Waals surface area contributed by atoms with E-state index >= 15 is 0 Å². The predicted octanol–water partition coefficient (Wildman–Crippen LogP) is 4.70. The lowest BCUT2D eigenvalue weighted by Gasteiger charge is -2.28. The third kappa shape index (κ3) is 4.45. The van der Waals surface area contributed by atoms with Crippen molar-refractivity contribution in [3.05, 3.63) is 28.3 Å². The van der Waals surface area contributed by atoms with Crippen LogP contribution in [0.15, 0.2) is 22.5 Å². The van der Waals surface area contributed by atoms with Gasteiger partial charge in [-0.25, -0.2) is 9.78 Å². The first-order chi connectivity index (χ1) is 12.2. The summed E-state index contributed by atoms with van der Waals surface area (Å²) in [6, 6.07) is 4.85. The molecule has 0 radical (unpaired) electrons. The highest BCUT2D eigenvalue weighted by Gasteiger charge is 2.32. The van der Waals surface area contributed by atoms with Crippen LogP contribution in [0, 0.1) is 10.1 Å². The first-order valence-corrected chi connectivity index (χ1v) is 10.2. The highest BCUT2D eigenvalue weighted by atomic mass is 32.2. The lowest BCUT2D eigenvalue weighted by Crippen LogP contribution is -2.40. The van der Waals surface area contributed by atoms with Crippen molar-refractivity contribution in [3.8, 4) is 0 Å². The number of carbonyl (C=O) groups is 1. The number of carbonyl (C=O) groups excluding carboxylic acids is 1. The molecule has 1 atom stereocenters. The molecule has 0 saturated carbocycles. The molecule has 0 unspecified atom stereocenters. The summed E-state index contributed by atoms with van der Waals surface area (Å²) in [7, 11) is 0. The normalized spacial score (nSPS) is 17.7. The maximum Gasteiger partial charge on any atom is 0.410 e. The number of non-ortho nitro benzene ring substituents is 1. The van der Waals surface area contributed by atoms with Crippen molar-refractivity contribution in [2.45, 2.75) is 49.6 Å². The van der Waals surface area contributed by atoms with Crippen LogP contribution in [-0.4, -0.2) is 44.8 Å². The largest absolute Gasteiger partial charge is 0.444 e. The van der Waals surface area contributed by atoms with Crippen LogP contribution in [-0.2, 0) is 4.74 Å². The molecule has 1 aliphatic rings. The Morgan fingerprint density at radius 2 is 2.27 bits per heavy atom. The van der Waals surface area contributed by atoms with E-state index in [1.54, 1.807) is 22.7 Å². The molecule has 9 heteroatoms. The van der Waals surface area contributed by atoms with Gasteiger partial charge in [0.1, 0.15) is 5.60 Å². The Morgan fingerprint density at radius 1 is 1.50 bits per heavy atom. The number of aromatic nitrogens is 1. The molecule has 1 aliphatic heterocycles. The van der Waals surface area contributed by atoms with Crippen LogP contribution in [0.25, 0.3) is 10.2 Å². The van der Waals surface area contributed by atoms with Crippen LogP contribution in [0.1, 0.15) is 33.6 Å². The number of thioether (sulfide) groups is 1. The minimum atomic E-state index is -0.501. The third-order valence-corrected chi connectivity index (χ3v) is 6.29. The molecule has 0 spiro atoms. The van der Waals surface area contributed by atoms with Gasteiger partial charge in [-0.3, -0.25) is 10.1 Å². The number of fused-ring (bicyclic) bond motifs is 1. The van der Waals surface area contributed by atoms with Gasteiger partial charge >= 0.3 is 6.09 Å². The summed E-state index contributed by atoms with van der Waals surface area (Å²) in [4.78, 5) is 29.1. The number of rotatable bonds is 4. The van der Waals surface area contributed by atoms with E-state index in [0.717, 1.165) is 27.6 Å². The quantitative estimate of drug-likeness (QED) is 0.424. The second-order valence-electron chi connectivity index (χ2n) is 7.17. The monoisotopic (exact) mass is 395 g/mol. The number of hydrogen-bond acceptors (Lipinski definition) is 7. The summed E-state index contributed by atoms with van der Waals surface area (Å²) in [5.41, 5.74) is 0.187. The average Bonchev–Trinajstić information content (AvgIpc) is 3.16. The van der Waals surface area contributed by atoms with Crippen molar-refractivity contribution in [2.75, 3.05) is 12.3 Å². The Bertz CT molecular complexity index is 831. The third-order valence-electron chi connectivity index (χ3n) is 3.97. The van der Waals surface area contributed by atoms with Crippen molar-refractivity contribution in [1.29, 1.82) is 0 Å². The summed E-state index contributed by atoms with van der Waals surface area (Å²) in [6.45, 7) is 6.31. The molecule has 0 bridgehead atoms. The number of nitrogens with zero attached hydrogens (tertiary/aromatic N) is 3. The second kappa shape index (κ2) is 7.40. The smallest absolute Gasteiger partial charge is 0.410 e. The maximum atomic E-state index is 12.3. The summed E-state index contributed by atoms with van der Waals surface area (Å²) >= 11 is 3.10. The minimum Gasteiger partial charge on any atom is -0.444 e. The van der Waals surface area contributed by atoms with Crippen LogP contribution < -0.4 is 0 Å². The zero-order valence-corrected chi connectivity index (χ0v) is 16.6.